The summed E-state index contributed by atoms with van der Waals surface area (Å²) >= 11 is 0. The molecule has 2 N–H and O–H groups in total. The monoisotopic (exact) mass is 381 g/mol. The van der Waals surface area contributed by atoms with Crippen LogP contribution in [0.15, 0.2) is 54.6 Å². The van der Waals surface area contributed by atoms with Crippen LogP contribution in [0.3, 0.4) is 0 Å². The van der Waals surface area contributed by atoms with Crippen LogP contribution in [0, 0.1) is 0 Å². The summed E-state index contributed by atoms with van der Waals surface area (Å²) in [7, 11) is 0. The largest absolute Gasteiger partial charge is 0.378 e. The number of nitrogens with zero attached hydrogens (tertiary/aromatic N) is 1. The van der Waals surface area contributed by atoms with Gasteiger partial charge in [0, 0.05) is 30.4 Å². The van der Waals surface area contributed by atoms with E-state index in [9.17, 15) is 9.59 Å². The zero-order valence-corrected chi connectivity index (χ0v) is 16.2. The minimum atomic E-state index is -0.134. The second-order valence-electron chi connectivity index (χ2n) is 6.79. The van der Waals surface area contributed by atoms with Crippen molar-refractivity contribution in [1.82, 2.24) is 10.2 Å². The number of benzene rings is 2. The molecule has 0 radical (unpaired) electrons. The molecule has 2 amide bonds. The van der Waals surface area contributed by atoms with E-state index in [-0.39, 0.29) is 24.4 Å². The van der Waals surface area contributed by atoms with Crippen molar-refractivity contribution >= 4 is 17.5 Å². The van der Waals surface area contributed by atoms with Crippen molar-refractivity contribution < 1.29 is 14.3 Å². The smallest absolute Gasteiger partial charge is 0.254 e. The Hall–Kier alpha value is -2.70. The van der Waals surface area contributed by atoms with Crippen LogP contribution < -0.4 is 10.6 Å². The van der Waals surface area contributed by atoms with Crippen LogP contribution in [-0.2, 0) is 9.53 Å². The highest BCUT2D eigenvalue weighted by molar-refractivity contribution is 5.97. The number of carbonyl (C=O) groups is 2. The highest BCUT2D eigenvalue weighted by Gasteiger charge is 2.19. The Morgan fingerprint density at radius 1 is 1.07 bits per heavy atom. The van der Waals surface area contributed by atoms with Crippen LogP contribution in [0.1, 0.15) is 35.3 Å². The Bertz CT molecular complexity index is 789. The molecule has 0 bridgehead atoms. The highest BCUT2D eigenvalue weighted by atomic mass is 16.5. The second kappa shape index (κ2) is 10.0. The van der Waals surface area contributed by atoms with Gasteiger partial charge in [0.15, 0.2) is 0 Å². The highest BCUT2D eigenvalue weighted by Crippen LogP contribution is 2.16. The lowest BCUT2D eigenvalue weighted by atomic mass is 10.0. The molecule has 1 unspecified atom stereocenters. The van der Waals surface area contributed by atoms with Crippen LogP contribution in [0.5, 0.6) is 0 Å². The molecule has 6 nitrogen and oxygen atoms in total. The average Bonchev–Trinajstić information content (AvgIpc) is 2.75. The van der Waals surface area contributed by atoms with E-state index in [0.29, 0.717) is 37.6 Å². The Morgan fingerprint density at radius 2 is 1.82 bits per heavy atom. The molecule has 1 heterocycles. The number of nitrogens with one attached hydrogen (secondary N) is 2. The van der Waals surface area contributed by atoms with Crippen molar-refractivity contribution in [2.75, 3.05) is 38.2 Å². The summed E-state index contributed by atoms with van der Waals surface area (Å²) in [5, 5.41) is 6.17. The number of morpholine rings is 1. The molecule has 6 heteroatoms. The third kappa shape index (κ3) is 5.41. The maximum absolute atomic E-state index is 12.6. The number of rotatable bonds is 7. The van der Waals surface area contributed by atoms with Crippen LogP contribution in [0.2, 0.25) is 0 Å². The van der Waals surface area contributed by atoms with Gasteiger partial charge in [-0.05, 0) is 30.2 Å². The molecule has 0 aliphatic carbocycles. The van der Waals surface area contributed by atoms with E-state index in [2.05, 4.69) is 29.7 Å². The fourth-order valence-electron chi connectivity index (χ4n) is 3.28. The van der Waals surface area contributed by atoms with Crippen LogP contribution in [-0.4, -0.2) is 49.6 Å². The molecule has 1 aliphatic heterocycles. The first-order valence-corrected chi connectivity index (χ1v) is 9.72. The van der Waals surface area contributed by atoms with Gasteiger partial charge < -0.3 is 20.3 Å². The van der Waals surface area contributed by atoms with Crippen LogP contribution in [0.4, 0.5) is 5.69 Å². The molecule has 1 aliphatic rings. The summed E-state index contributed by atoms with van der Waals surface area (Å²) in [6, 6.07) is 17.3. The topological polar surface area (TPSA) is 70.7 Å². The molecule has 2 aromatic carbocycles. The van der Waals surface area contributed by atoms with Gasteiger partial charge in [-0.2, -0.15) is 0 Å². The lowest BCUT2D eigenvalue weighted by molar-refractivity contribution is -0.115. The van der Waals surface area contributed by atoms with E-state index in [1.165, 1.54) is 0 Å². The molecule has 1 atom stereocenters. The number of hydrogen-bond donors (Lipinski definition) is 2. The maximum Gasteiger partial charge on any atom is 0.254 e. The van der Waals surface area contributed by atoms with E-state index in [1.54, 1.807) is 29.2 Å². The van der Waals surface area contributed by atoms with Gasteiger partial charge in [0.05, 0.1) is 19.8 Å². The van der Waals surface area contributed by atoms with Gasteiger partial charge in [-0.15, -0.1) is 0 Å². The van der Waals surface area contributed by atoms with Gasteiger partial charge in [0.1, 0.15) is 0 Å². The van der Waals surface area contributed by atoms with Gasteiger partial charge in [0.25, 0.3) is 5.91 Å². The fourth-order valence-corrected chi connectivity index (χ4v) is 3.28. The lowest BCUT2D eigenvalue weighted by Crippen LogP contribution is -2.40. The molecule has 0 saturated carbocycles. The number of carbonyl (C=O) groups excluding carboxylic acids is 2. The van der Waals surface area contributed by atoms with Crippen molar-refractivity contribution in [2.24, 2.45) is 0 Å². The number of amides is 2. The van der Waals surface area contributed by atoms with E-state index >= 15 is 0 Å². The fraction of sp³-hybridized carbons (Fsp3) is 0.364. The Labute approximate surface area is 165 Å². The zero-order chi connectivity index (χ0) is 19.8. The predicted octanol–water partition coefficient (Wildman–Crippen LogP) is 2.84. The minimum Gasteiger partial charge on any atom is -0.378 e. The molecule has 0 aromatic heterocycles. The van der Waals surface area contributed by atoms with Crippen molar-refractivity contribution in [3.63, 3.8) is 0 Å². The van der Waals surface area contributed by atoms with Crippen molar-refractivity contribution in [1.29, 1.82) is 0 Å². The maximum atomic E-state index is 12.6. The molecule has 1 fully saturated rings. The first kappa shape index (κ1) is 20.0. The summed E-state index contributed by atoms with van der Waals surface area (Å²) in [6.45, 7) is 4.61. The first-order chi connectivity index (χ1) is 13.7. The Kier molecular flexibility index (Phi) is 7.17. The zero-order valence-electron chi connectivity index (χ0n) is 16.2. The number of anilines is 1. The Morgan fingerprint density at radius 3 is 2.54 bits per heavy atom. The molecule has 2 aromatic rings. The van der Waals surface area contributed by atoms with Gasteiger partial charge >= 0.3 is 0 Å². The molecular formula is C22H27N3O3. The third-order valence-corrected chi connectivity index (χ3v) is 4.81. The summed E-state index contributed by atoms with van der Waals surface area (Å²) in [5.74, 6) is -0.169. The lowest BCUT2D eigenvalue weighted by Gasteiger charge is -2.27. The van der Waals surface area contributed by atoms with Gasteiger partial charge in [-0.3, -0.25) is 9.59 Å². The van der Waals surface area contributed by atoms with E-state index in [0.717, 1.165) is 12.0 Å². The normalized spacial score (nSPS) is 15.1. The van der Waals surface area contributed by atoms with Crippen molar-refractivity contribution in [3.05, 3.63) is 65.7 Å². The molecular weight excluding hydrogens is 354 g/mol. The quantitative estimate of drug-likeness (QED) is 0.774. The minimum absolute atomic E-state index is 0.0346. The first-order valence-electron chi connectivity index (χ1n) is 9.72. The summed E-state index contributed by atoms with van der Waals surface area (Å²) < 4.78 is 5.29. The second-order valence-corrected chi connectivity index (χ2v) is 6.79. The number of ether oxygens (including phenoxy) is 1. The van der Waals surface area contributed by atoms with E-state index < -0.39 is 0 Å². The molecule has 0 spiro atoms. The average molecular weight is 381 g/mol. The van der Waals surface area contributed by atoms with Crippen LogP contribution in [0.25, 0.3) is 0 Å². The third-order valence-electron chi connectivity index (χ3n) is 4.81. The Balaban J connectivity index is 1.56. The van der Waals surface area contributed by atoms with Gasteiger partial charge in [-0.25, -0.2) is 0 Å². The molecule has 148 valence electrons. The summed E-state index contributed by atoms with van der Waals surface area (Å²) in [6.07, 6.45) is 0.890. The van der Waals surface area contributed by atoms with Crippen molar-refractivity contribution in [3.8, 4) is 0 Å². The van der Waals surface area contributed by atoms with Gasteiger partial charge in [-0.1, -0.05) is 43.3 Å². The number of hydrogen-bond acceptors (Lipinski definition) is 4. The summed E-state index contributed by atoms with van der Waals surface area (Å²) in [5.41, 5.74) is 2.36. The predicted molar refractivity (Wildman–Crippen MR) is 109 cm³/mol. The van der Waals surface area contributed by atoms with Crippen molar-refractivity contribution in [2.45, 2.75) is 19.4 Å². The summed E-state index contributed by atoms with van der Waals surface area (Å²) in [4.78, 5) is 26.7. The molecule has 3 rings (SSSR count). The van der Waals surface area contributed by atoms with Gasteiger partial charge in [0.2, 0.25) is 5.91 Å². The van der Waals surface area contributed by atoms with E-state index in [4.69, 9.17) is 4.74 Å². The SMILES string of the molecule is CCC(NCC(=O)Nc1cccc(C(=O)N2CCOCC2)c1)c1ccccc1. The van der Waals surface area contributed by atoms with E-state index in [1.807, 2.05) is 18.2 Å². The van der Waals surface area contributed by atoms with Crippen LogP contribution >= 0.6 is 0 Å². The molecule has 1 saturated heterocycles. The molecule has 28 heavy (non-hydrogen) atoms. The standard InChI is InChI=1S/C22H27N3O3/c1-2-20(17-7-4-3-5-8-17)23-16-21(26)24-19-10-6-9-18(15-19)22(27)25-11-13-28-14-12-25/h3-10,15,20,23H,2,11-14,16H2,1H3,(H,24,26).